The molecule has 5 nitrogen and oxygen atoms in total. The van der Waals surface area contributed by atoms with Crippen LogP contribution in [0.3, 0.4) is 0 Å². The summed E-state index contributed by atoms with van der Waals surface area (Å²) in [5, 5.41) is 0.770. The molecule has 2 amide bonds. The average molecular weight is 570 g/mol. The van der Waals surface area contributed by atoms with Gasteiger partial charge < -0.3 is 0 Å². The minimum Gasteiger partial charge on any atom is -0.266 e. The Bertz CT molecular complexity index is 780. The maximum absolute atomic E-state index is 12.5. The van der Waals surface area contributed by atoms with Crippen molar-refractivity contribution < 1.29 is 14.4 Å². The summed E-state index contributed by atoms with van der Waals surface area (Å²) >= 11 is 13.4. The monoisotopic (exact) mass is 566 g/mol. The van der Waals surface area contributed by atoms with Crippen molar-refractivity contribution in [2.45, 2.75) is 6.61 Å². The van der Waals surface area contributed by atoms with Crippen LogP contribution in [0.5, 0.6) is 0 Å². The standard InChI is InChI=1S/C14H6Br4N2O3/c15-9-7-8(10(16)12(18)11(9)17)14(22)20(13(7)21)23-5-6-2-1-3-19-4-6/h1-4H,5H2. The number of benzene rings is 1. The van der Waals surface area contributed by atoms with Gasteiger partial charge >= 0.3 is 0 Å². The molecular weight excluding hydrogens is 564 g/mol. The maximum Gasteiger partial charge on any atom is 0.287 e. The summed E-state index contributed by atoms with van der Waals surface area (Å²) in [6.07, 6.45) is 3.24. The number of nitrogens with zero attached hydrogens (tertiary/aromatic N) is 2. The predicted molar refractivity (Wildman–Crippen MR) is 96.8 cm³/mol. The zero-order chi connectivity index (χ0) is 16.7. The van der Waals surface area contributed by atoms with Gasteiger partial charge in [-0.3, -0.25) is 19.4 Å². The molecule has 2 aromatic rings. The summed E-state index contributed by atoms with van der Waals surface area (Å²) in [7, 11) is 0. The molecule has 1 aromatic heterocycles. The first-order valence-corrected chi connectivity index (χ1v) is 9.37. The van der Waals surface area contributed by atoms with E-state index in [1.165, 1.54) is 0 Å². The Morgan fingerprint density at radius 3 is 2.00 bits per heavy atom. The lowest BCUT2D eigenvalue weighted by Gasteiger charge is -2.13. The van der Waals surface area contributed by atoms with E-state index in [0.717, 1.165) is 10.6 Å². The van der Waals surface area contributed by atoms with E-state index in [4.69, 9.17) is 4.84 Å². The summed E-state index contributed by atoms with van der Waals surface area (Å²) in [5.74, 6) is -1.04. The van der Waals surface area contributed by atoms with E-state index >= 15 is 0 Å². The van der Waals surface area contributed by atoms with Crippen LogP contribution in [0, 0.1) is 0 Å². The van der Waals surface area contributed by atoms with Gasteiger partial charge in [-0.2, -0.15) is 0 Å². The quantitative estimate of drug-likeness (QED) is 0.301. The second-order valence-corrected chi connectivity index (χ2v) is 7.72. The molecule has 118 valence electrons. The number of hydrogen-bond acceptors (Lipinski definition) is 4. The van der Waals surface area contributed by atoms with E-state index in [9.17, 15) is 9.59 Å². The van der Waals surface area contributed by atoms with Gasteiger partial charge in [0.25, 0.3) is 11.8 Å². The first-order chi connectivity index (χ1) is 10.9. The zero-order valence-corrected chi connectivity index (χ0v) is 17.5. The molecule has 0 saturated carbocycles. The number of fused-ring (bicyclic) bond motifs is 1. The lowest BCUT2D eigenvalue weighted by molar-refractivity contribution is -0.101. The molecule has 0 spiro atoms. The van der Waals surface area contributed by atoms with Crippen molar-refractivity contribution in [3.63, 3.8) is 0 Å². The van der Waals surface area contributed by atoms with E-state index in [1.54, 1.807) is 24.5 Å². The number of pyridine rings is 1. The van der Waals surface area contributed by atoms with Crippen LogP contribution >= 0.6 is 63.7 Å². The largest absolute Gasteiger partial charge is 0.287 e. The van der Waals surface area contributed by atoms with Gasteiger partial charge in [0.15, 0.2) is 0 Å². The van der Waals surface area contributed by atoms with Crippen LogP contribution in [0.1, 0.15) is 26.3 Å². The third kappa shape index (κ3) is 2.93. The number of carbonyl (C=O) groups is 2. The second-order valence-electron chi connectivity index (χ2n) is 4.55. The molecule has 0 radical (unpaired) electrons. The van der Waals surface area contributed by atoms with Crippen LogP contribution < -0.4 is 0 Å². The lowest BCUT2D eigenvalue weighted by atomic mass is 10.1. The average Bonchev–Trinajstić information content (AvgIpc) is 2.81. The topological polar surface area (TPSA) is 59.5 Å². The Morgan fingerprint density at radius 1 is 0.957 bits per heavy atom. The summed E-state index contributed by atoms with van der Waals surface area (Å²) in [5.41, 5.74) is 1.26. The number of amides is 2. The van der Waals surface area contributed by atoms with Gasteiger partial charge in [0.1, 0.15) is 6.61 Å². The molecule has 23 heavy (non-hydrogen) atoms. The summed E-state index contributed by atoms with van der Waals surface area (Å²) in [4.78, 5) is 34.5. The highest BCUT2D eigenvalue weighted by atomic mass is 79.9. The smallest absolute Gasteiger partial charge is 0.266 e. The van der Waals surface area contributed by atoms with Crippen LogP contribution in [0.15, 0.2) is 42.4 Å². The van der Waals surface area contributed by atoms with Crippen molar-refractivity contribution in [1.29, 1.82) is 0 Å². The van der Waals surface area contributed by atoms with Gasteiger partial charge in [-0.15, -0.1) is 5.06 Å². The third-order valence-electron chi connectivity index (χ3n) is 3.15. The van der Waals surface area contributed by atoms with Crippen LogP contribution in [-0.2, 0) is 11.4 Å². The maximum atomic E-state index is 12.5. The van der Waals surface area contributed by atoms with E-state index < -0.39 is 11.8 Å². The fraction of sp³-hybridized carbons (Fsp3) is 0.0714. The highest BCUT2D eigenvalue weighted by Gasteiger charge is 2.42. The summed E-state index contributed by atoms with van der Waals surface area (Å²) in [6, 6.07) is 3.55. The molecular formula is C14H6Br4N2O3. The Kier molecular flexibility index (Phi) is 5.03. The van der Waals surface area contributed by atoms with Crippen molar-refractivity contribution >= 4 is 75.5 Å². The van der Waals surface area contributed by atoms with Crippen molar-refractivity contribution in [3.05, 3.63) is 59.1 Å². The number of rotatable bonds is 3. The van der Waals surface area contributed by atoms with Gasteiger partial charge in [-0.1, -0.05) is 6.07 Å². The van der Waals surface area contributed by atoms with Crippen LogP contribution in [0.2, 0.25) is 0 Å². The zero-order valence-electron chi connectivity index (χ0n) is 11.1. The summed E-state index contributed by atoms with van der Waals surface area (Å²) in [6.45, 7) is 0.0664. The molecule has 1 aromatic carbocycles. The molecule has 3 rings (SSSR count). The van der Waals surface area contributed by atoms with Gasteiger partial charge in [0.05, 0.1) is 11.1 Å². The van der Waals surface area contributed by atoms with Crippen molar-refractivity contribution in [1.82, 2.24) is 10.0 Å². The number of imide groups is 1. The normalized spacial score (nSPS) is 13.7. The fourth-order valence-electron chi connectivity index (χ4n) is 2.07. The Morgan fingerprint density at radius 2 is 1.52 bits per heavy atom. The van der Waals surface area contributed by atoms with E-state index in [0.29, 0.717) is 17.9 Å². The minimum absolute atomic E-state index is 0.0664. The Hall–Kier alpha value is -0.610. The number of hydroxylamine groups is 2. The Labute approximate surface area is 164 Å². The number of halogens is 4. The van der Waals surface area contributed by atoms with E-state index in [1.807, 2.05) is 0 Å². The van der Waals surface area contributed by atoms with Crippen molar-refractivity contribution in [2.75, 3.05) is 0 Å². The molecule has 0 aliphatic carbocycles. The van der Waals surface area contributed by atoms with E-state index in [2.05, 4.69) is 68.7 Å². The molecule has 0 atom stereocenters. The second kappa shape index (κ2) is 6.72. The third-order valence-corrected chi connectivity index (χ3v) is 7.92. The van der Waals surface area contributed by atoms with E-state index in [-0.39, 0.29) is 17.7 Å². The molecule has 0 unspecified atom stereocenters. The van der Waals surface area contributed by atoms with Gasteiger partial charge in [-0.05, 0) is 75.3 Å². The molecule has 9 heteroatoms. The molecule has 0 bridgehead atoms. The van der Waals surface area contributed by atoms with Gasteiger partial charge in [-0.25, -0.2) is 0 Å². The molecule has 0 saturated heterocycles. The van der Waals surface area contributed by atoms with Crippen LogP contribution in [0.4, 0.5) is 0 Å². The molecule has 1 aliphatic heterocycles. The first kappa shape index (κ1) is 17.2. The number of carbonyl (C=O) groups excluding carboxylic acids is 2. The van der Waals surface area contributed by atoms with Crippen LogP contribution in [0.25, 0.3) is 0 Å². The molecule has 0 fully saturated rings. The molecule has 1 aliphatic rings. The van der Waals surface area contributed by atoms with Gasteiger partial charge in [0, 0.05) is 30.3 Å². The Balaban J connectivity index is 1.95. The van der Waals surface area contributed by atoms with Crippen molar-refractivity contribution in [2.24, 2.45) is 0 Å². The van der Waals surface area contributed by atoms with Crippen molar-refractivity contribution in [3.8, 4) is 0 Å². The SMILES string of the molecule is O=C1c2c(Br)c(Br)c(Br)c(Br)c2C(=O)N1OCc1cccnc1. The molecule has 0 N–H and O–H groups in total. The van der Waals surface area contributed by atoms with Crippen LogP contribution in [-0.4, -0.2) is 21.9 Å². The predicted octanol–water partition coefficient (Wildman–Crippen LogP) is 4.86. The lowest BCUT2D eigenvalue weighted by Crippen LogP contribution is -2.29. The molecule has 2 heterocycles. The fourth-order valence-corrected chi connectivity index (χ4v) is 4.53. The number of aromatic nitrogens is 1. The minimum atomic E-state index is -0.519. The highest BCUT2D eigenvalue weighted by molar-refractivity contribution is 9.15. The summed E-state index contributed by atoms with van der Waals surface area (Å²) < 4.78 is 2.26. The van der Waals surface area contributed by atoms with Gasteiger partial charge in [0.2, 0.25) is 0 Å². The first-order valence-electron chi connectivity index (χ1n) is 6.20. The number of hydrogen-bond donors (Lipinski definition) is 0. The highest BCUT2D eigenvalue weighted by Crippen LogP contribution is 2.45.